The summed E-state index contributed by atoms with van der Waals surface area (Å²) in [5, 5.41) is 6.51. The molecule has 1 atom stereocenters. The van der Waals surface area contributed by atoms with Crippen LogP contribution in [0.5, 0.6) is 0 Å². The van der Waals surface area contributed by atoms with Crippen molar-refractivity contribution in [1.82, 2.24) is 10.6 Å². The lowest BCUT2D eigenvalue weighted by Gasteiger charge is -2.37. The number of ether oxygens (including phenoxy) is 1. The van der Waals surface area contributed by atoms with Crippen molar-refractivity contribution < 1.29 is 9.53 Å². The van der Waals surface area contributed by atoms with Crippen molar-refractivity contribution in [3.63, 3.8) is 0 Å². The van der Waals surface area contributed by atoms with E-state index in [1.54, 1.807) is 7.11 Å². The van der Waals surface area contributed by atoms with E-state index in [0.717, 1.165) is 12.8 Å². The fraction of sp³-hybridized carbons (Fsp3) is 0.933. The van der Waals surface area contributed by atoms with Gasteiger partial charge in [0.1, 0.15) is 0 Å². The first-order valence-electron chi connectivity index (χ1n) is 7.50. The Morgan fingerprint density at radius 1 is 1.26 bits per heavy atom. The van der Waals surface area contributed by atoms with Gasteiger partial charge < -0.3 is 15.4 Å². The highest BCUT2D eigenvalue weighted by Crippen LogP contribution is 2.30. The molecule has 1 rings (SSSR count). The molecule has 0 aromatic rings. The summed E-state index contributed by atoms with van der Waals surface area (Å²) in [6, 6.07) is 0.106. The molecule has 1 aliphatic rings. The molecule has 0 heterocycles. The lowest BCUT2D eigenvalue weighted by atomic mass is 9.79. The molecule has 1 saturated carbocycles. The molecule has 19 heavy (non-hydrogen) atoms. The number of nitrogens with one attached hydrogen (secondary N) is 2. The number of hydrogen-bond donors (Lipinski definition) is 2. The Morgan fingerprint density at radius 3 is 2.37 bits per heavy atom. The maximum Gasteiger partial charge on any atom is 0.222 e. The van der Waals surface area contributed by atoms with E-state index in [4.69, 9.17) is 4.74 Å². The van der Waals surface area contributed by atoms with Gasteiger partial charge in [0.25, 0.3) is 0 Å². The molecule has 0 saturated heterocycles. The molecule has 4 nitrogen and oxygen atoms in total. The van der Waals surface area contributed by atoms with Gasteiger partial charge in [0.05, 0.1) is 12.6 Å². The van der Waals surface area contributed by atoms with Gasteiger partial charge in [0, 0.05) is 19.1 Å². The molecule has 0 bridgehead atoms. The normalized spacial score (nSPS) is 20.3. The predicted molar refractivity (Wildman–Crippen MR) is 78.1 cm³/mol. The summed E-state index contributed by atoms with van der Waals surface area (Å²) in [6.07, 6.45) is 6.53. The zero-order valence-electron chi connectivity index (χ0n) is 12.9. The highest BCUT2D eigenvalue weighted by atomic mass is 16.5. The van der Waals surface area contributed by atoms with Gasteiger partial charge in [-0.3, -0.25) is 4.79 Å². The average molecular weight is 270 g/mol. The monoisotopic (exact) mass is 270 g/mol. The number of amides is 1. The van der Waals surface area contributed by atoms with Crippen molar-refractivity contribution in [1.29, 1.82) is 0 Å². The highest BCUT2D eigenvalue weighted by Gasteiger charge is 2.33. The fourth-order valence-electron chi connectivity index (χ4n) is 2.89. The Bertz CT molecular complexity index is 273. The first-order chi connectivity index (χ1) is 9.03. The van der Waals surface area contributed by atoms with Crippen molar-refractivity contribution >= 4 is 5.91 Å². The predicted octanol–water partition coefficient (Wildman–Crippen LogP) is 2.09. The molecule has 0 aromatic heterocycles. The molecule has 4 heteroatoms. The summed E-state index contributed by atoms with van der Waals surface area (Å²) in [5.41, 5.74) is 0.0108. The van der Waals surface area contributed by atoms with Crippen LogP contribution in [0.4, 0.5) is 0 Å². The van der Waals surface area contributed by atoms with E-state index in [1.165, 1.54) is 19.3 Å². The van der Waals surface area contributed by atoms with Crippen LogP contribution in [0.3, 0.4) is 0 Å². The Kier molecular flexibility index (Phi) is 6.80. The van der Waals surface area contributed by atoms with E-state index in [9.17, 15) is 4.79 Å². The first kappa shape index (κ1) is 16.4. The van der Waals surface area contributed by atoms with E-state index in [2.05, 4.69) is 24.5 Å². The molecule has 1 unspecified atom stereocenters. The minimum atomic E-state index is 0.0108. The summed E-state index contributed by atoms with van der Waals surface area (Å²) < 4.78 is 5.18. The molecule has 0 aliphatic heterocycles. The van der Waals surface area contributed by atoms with Gasteiger partial charge in [-0.25, -0.2) is 0 Å². The van der Waals surface area contributed by atoms with Crippen LogP contribution in [-0.4, -0.2) is 38.3 Å². The number of hydrogen-bond acceptors (Lipinski definition) is 3. The molecule has 1 aliphatic carbocycles. The van der Waals surface area contributed by atoms with Crippen molar-refractivity contribution in [3.05, 3.63) is 0 Å². The van der Waals surface area contributed by atoms with Crippen LogP contribution in [0.1, 0.15) is 52.4 Å². The van der Waals surface area contributed by atoms with Gasteiger partial charge in [-0.1, -0.05) is 33.1 Å². The maximum atomic E-state index is 12.3. The zero-order valence-corrected chi connectivity index (χ0v) is 12.9. The topological polar surface area (TPSA) is 50.4 Å². The summed E-state index contributed by atoms with van der Waals surface area (Å²) in [6.45, 7) is 4.80. The summed E-state index contributed by atoms with van der Waals surface area (Å²) in [7, 11) is 3.66. The number of carbonyl (C=O) groups is 1. The molecule has 0 aromatic carbocycles. The van der Waals surface area contributed by atoms with Gasteiger partial charge in [-0.15, -0.1) is 0 Å². The van der Waals surface area contributed by atoms with Gasteiger partial charge in [0.2, 0.25) is 5.91 Å². The molecule has 0 radical (unpaired) electrons. The van der Waals surface area contributed by atoms with E-state index in [0.29, 0.717) is 18.9 Å². The third-order valence-electron chi connectivity index (χ3n) is 4.34. The van der Waals surface area contributed by atoms with Crippen LogP contribution in [0.2, 0.25) is 0 Å². The number of rotatable bonds is 7. The van der Waals surface area contributed by atoms with Crippen molar-refractivity contribution in [2.45, 2.75) is 64.0 Å². The second-order valence-electron chi connectivity index (χ2n) is 6.14. The molecule has 2 N–H and O–H groups in total. The Labute approximate surface area is 117 Å². The SMILES string of the molecule is CNC1(CC(=O)NC(COC)C(C)C)CCCCC1. The Hall–Kier alpha value is -0.610. The summed E-state index contributed by atoms with van der Waals surface area (Å²) in [4.78, 5) is 12.3. The van der Waals surface area contributed by atoms with Crippen LogP contribution in [0, 0.1) is 5.92 Å². The number of carbonyl (C=O) groups excluding carboxylic acids is 1. The lowest BCUT2D eigenvalue weighted by Crippen LogP contribution is -2.50. The van der Waals surface area contributed by atoms with E-state index >= 15 is 0 Å². The van der Waals surface area contributed by atoms with Gasteiger partial charge in [-0.05, 0) is 25.8 Å². The van der Waals surface area contributed by atoms with Gasteiger partial charge in [-0.2, -0.15) is 0 Å². The molecule has 1 fully saturated rings. The Balaban J connectivity index is 2.52. The van der Waals surface area contributed by atoms with E-state index < -0.39 is 0 Å². The van der Waals surface area contributed by atoms with Crippen molar-refractivity contribution in [2.75, 3.05) is 20.8 Å². The summed E-state index contributed by atoms with van der Waals surface area (Å²) in [5.74, 6) is 0.535. The second-order valence-corrected chi connectivity index (χ2v) is 6.14. The highest BCUT2D eigenvalue weighted by molar-refractivity contribution is 5.77. The standard InChI is InChI=1S/C15H30N2O2/c1-12(2)13(11-19-4)17-14(18)10-15(16-3)8-6-5-7-9-15/h12-13,16H,5-11H2,1-4H3,(H,17,18). The van der Waals surface area contributed by atoms with Crippen LogP contribution in [0.25, 0.3) is 0 Å². The van der Waals surface area contributed by atoms with Crippen molar-refractivity contribution in [3.8, 4) is 0 Å². The third kappa shape index (κ3) is 5.11. The molecular weight excluding hydrogens is 240 g/mol. The quantitative estimate of drug-likeness (QED) is 0.745. The van der Waals surface area contributed by atoms with Gasteiger partial charge >= 0.3 is 0 Å². The molecular formula is C15H30N2O2. The largest absolute Gasteiger partial charge is 0.383 e. The Morgan fingerprint density at radius 2 is 1.89 bits per heavy atom. The van der Waals surface area contributed by atoms with E-state index in [-0.39, 0.29) is 17.5 Å². The molecule has 1 amide bonds. The zero-order chi connectivity index (χ0) is 14.3. The van der Waals surface area contributed by atoms with Crippen LogP contribution < -0.4 is 10.6 Å². The minimum Gasteiger partial charge on any atom is -0.383 e. The van der Waals surface area contributed by atoms with Crippen LogP contribution in [0.15, 0.2) is 0 Å². The van der Waals surface area contributed by atoms with E-state index in [1.807, 2.05) is 7.05 Å². The van der Waals surface area contributed by atoms with Crippen LogP contribution >= 0.6 is 0 Å². The van der Waals surface area contributed by atoms with Crippen LogP contribution in [-0.2, 0) is 9.53 Å². The minimum absolute atomic E-state index is 0.0108. The lowest BCUT2D eigenvalue weighted by molar-refractivity contribution is -0.124. The average Bonchev–Trinajstić information content (AvgIpc) is 2.39. The second kappa shape index (κ2) is 7.85. The molecule has 0 spiro atoms. The van der Waals surface area contributed by atoms with Gasteiger partial charge in [0.15, 0.2) is 0 Å². The smallest absolute Gasteiger partial charge is 0.222 e. The maximum absolute atomic E-state index is 12.3. The molecule has 112 valence electrons. The van der Waals surface area contributed by atoms with Crippen molar-refractivity contribution in [2.24, 2.45) is 5.92 Å². The fourth-order valence-corrected chi connectivity index (χ4v) is 2.89. The number of methoxy groups -OCH3 is 1. The third-order valence-corrected chi connectivity index (χ3v) is 4.34. The summed E-state index contributed by atoms with van der Waals surface area (Å²) >= 11 is 0. The first-order valence-corrected chi connectivity index (χ1v) is 7.50.